The number of hydrogen-bond acceptors (Lipinski definition) is 5. The first-order chi connectivity index (χ1) is 18.6. The lowest BCUT2D eigenvalue weighted by atomic mass is 10.0. The summed E-state index contributed by atoms with van der Waals surface area (Å²) in [6, 6.07) is 32.2. The Morgan fingerprint density at radius 2 is 1.53 bits per heavy atom. The van der Waals surface area contributed by atoms with Crippen LogP contribution < -0.4 is 5.32 Å². The zero-order valence-corrected chi connectivity index (χ0v) is 21.9. The summed E-state index contributed by atoms with van der Waals surface area (Å²) in [6.45, 7) is 2.08. The van der Waals surface area contributed by atoms with Gasteiger partial charge in [0.2, 0.25) is 5.91 Å². The third-order valence-electron chi connectivity index (χ3n) is 6.31. The predicted octanol–water partition coefficient (Wildman–Crippen LogP) is 6.13. The van der Waals surface area contributed by atoms with Gasteiger partial charge in [0.1, 0.15) is 5.82 Å². The van der Waals surface area contributed by atoms with Crippen LogP contribution in [0.15, 0.2) is 102 Å². The molecule has 0 spiro atoms. The number of ketones is 1. The number of Topliss-reactive ketones (excluding diaryl/α,β-unsaturated/α-hetero) is 1. The van der Waals surface area contributed by atoms with Crippen LogP contribution in [0.3, 0.4) is 0 Å². The summed E-state index contributed by atoms with van der Waals surface area (Å²) >= 11 is 1.39. The Balaban J connectivity index is 1.38. The van der Waals surface area contributed by atoms with Crippen LogP contribution in [0.25, 0.3) is 27.6 Å². The third kappa shape index (κ3) is 5.84. The molecule has 0 atom stereocenters. The van der Waals surface area contributed by atoms with Crippen molar-refractivity contribution in [2.45, 2.75) is 24.9 Å². The van der Waals surface area contributed by atoms with Crippen molar-refractivity contribution in [2.75, 3.05) is 12.3 Å². The number of nitrogens with one attached hydrogen (secondary N) is 1. The molecule has 1 amide bonds. The van der Waals surface area contributed by atoms with E-state index < -0.39 is 0 Å². The van der Waals surface area contributed by atoms with Crippen LogP contribution in [-0.4, -0.2) is 38.8 Å². The Kier molecular flexibility index (Phi) is 7.95. The van der Waals surface area contributed by atoms with Crippen LogP contribution in [0, 0.1) is 0 Å². The van der Waals surface area contributed by atoms with Gasteiger partial charge in [0.25, 0.3) is 0 Å². The first-order valence-corrected chi connectivity index (χ1v) is 13.6. The maximum absolute atomic E-state index is 13.1. The van der Waals surface area contributed by atoms with E-state index in [2.05, 4.69) is 51.9 Å². The molecule has 1 N–H and O–H groups in total. The maximum Gasteiger partial charge on any atom is 0.216 e. The Morgan fingerprint density at radius 3 is 2.32 bits per heavy atom. The molecule has 38 heavy (non-hydrogen) atoms. The van der Waals surface area contributed by atoms with Gasteiger partial charge in [-0.1, -0.05) is 103 Å². The molecule has 0 aliphatic heterocycles. The summed E-state index contributed by atoms with van der Waals surface area (Å²) in [4.78, 5) is 24.4. The van der Waals surface area contributed by atoms with E-state index in [1.165, 1.54) is 18.7 Å². The quantitative estimate of drug-likeness (QED) is 0.136. The van der Waals surface area contributed by atoms with Gasteiger partial charge in [-0.15, -0.1) is 10.2 Å². The molecule has 0 fully saturated rings. The number of fused-ring (bicyclic) bond motifs is 1. The van der Waals surface area contributed by atoms with Crippen LogP contribution in [0.2, 0.25) is 0 Å². The van der Waals surface area contributed by atoms with Crippen molar-refractivity contribution in [3.63, 3.8) is 0 Å². The van der Waals surface area contributed by atoms with Crippen LogP contribution >= 0.6 is 11.8 Å². The minimum Gasteiger partial charge on any atom is -0.356 e. The van der Waals surface area contributed by atoms with Gasteiger partial charge in [0, 0.05) is 30.8 Å². The van der Waals surface area contributed by atoms with Gasteiger partial charge >= 0.3 is 0 Å². The number of hydrogen-bond donors (Lipinski definition) is 1. The molecule has 5 aromatic rings. The van der Waals surface area contributed by atoms with Gasteiger partial charge in [0.15, 0.2) is 10.9 Å². The molecule has 0 saturated carbocycles. The van der Waals surface area contributed by atoms with Crippen LogP contribution in [-0.2, 0) is 11.2 Å². The van der Waals surface area contributed by atoms with E-state index in [1.54, 1.807) is 0 Å². The SMILES string of the molecule is CC(=O)NCCCc1nnc(SCC(=O)c2ccc(-c3ccccc3)cc2)n1-c1cccc2ccccc12. The van der Waals surface area contributed by atoms with Gasteiger partial charge in [-0.2, -0.15) is 0 Å². The molecule has 7 heteroatoms. The van der Waals surface area contributed by atoms with Crippen molar-refractivity contribution in [3.8, 4) is 16.8 Å². The van der Waals surface area contributed by atoms with Gasteiger partial charge in [-0.05, 0) is 29.0 Å². The zero-order chi connectivity index (χ0) is 26.3. The van der Waals surface area contributed by atoms with E-state index in [0.29, 0.717) is 23.7 Å². The van der Waals surface area contributed by atoms with Crippen molar-refractivity contribution >= 4 is 34.2 Å². The second-order valence-corrected chi connectivity index (χ2v) is 9.92. The number of amides is 1. The highest BCUT2D eigenvalue weighted by Crippen LogP contribution is 2.29. The maximum atomic E-state index is 13.1. The molecule has 0 bridgehead atoms. The summed E-state index contributed by atoms with van der Waals surface area (Å²) in [7, 11) is 0. The van der Waals surface area contributed by atoms with E-state index in [-0.39, 0.29) is 17.4 Å². The monoisotopic (exact) mass is 520 g/mol. The fourth-order valence-corrected chi connectivity index (χ4v) is 5.26. The minimum atomic E-state index is -0.0490. The smallest absolute Gasteiger partial charge is 0.216 e. The molecule has 4 aromatic carbocycles. The molecule has 5 rings (SSSR count). The Hall–Kier alpha value is -4.23. The highest BCUT2D eigenvalue weighted by molar-refractivity contribution is 7.99. The fourth-order valence-electron chi connectivity index (χ4n) is 4.40. The van der Waals surface area contributed by atoms with Crippen molar-refractivity contribution in [1.29, 1.82) is 0 Å². The lowest BCUT2D eigenvalue weighted by Gasteiger charge is -2.13. The number of carbonyl (C=O) groups is 2. The van der Waals surface area contributed by atoms with Gasteiger partial charge in [0.05, 0.1) is 11.4 Å². The molecule has 0 aliphatic carbocycles. The molecular formula is C31H28N4O2S. The average Bonchev–Trinajstić information content (AvgIpc) is 3.36. The number of rotatable bonds is 10. The Morgan fingerprint density at radius 1 is 0.816 bits per heavy atom. The summed E-state index contributed by atoms with van der Waals surface area (Å²) in [5.74, 6) is 1.04. The molecular weight excluding hydrogens is 492 g/mol. The van der Waals surface area contributed by atoms with Crippen molar-refractivity contribution in [3.05, 3.63) is 108 Å². The van der Waals surface area contributed by atoms with Gasteiger partial charge in [-0.3, -0.25) is 14.2 Å². The highest BCUT2D eigenvalue weighted by atomic mass is 32.2. The lowest BCUT2D eigenvalue weighted by molar-refractivity contribution is -0.118. The Labute approximate surface area is 226 Å². The fraction of sp³-hybridized carbons (Fsp3) is 0.161. The lowest BCUT2D eigenvalue weighted by Crippen LogP contribution is -2.21. The number of thioether (sulfide) groups is 1. The highest BCUT2D eigenvalue weighted by Gasteiger charge is 2.18. The largest absolute Gasteiger partial charge is 0.356 e. The molecule has 0 saturated heterocycles. The standard InChI is InChI=1S/C31H28N4O2S/c1-22(36)32-20-8-15-30-33-34-31(35(30)28-14-7-12-25-11-5-6-13-27(25)28)38-21-29(37)26-18-16-24(17-19-26)23-9-3-2-4-10-23/h2-7,9-14,16-19H,8,15,20-21H2,1H3,(H,32,36). The first kappa shape index (κ1) is 25.4. The average molecular weight is 521 g/mol. The second-order valence-electron chi connectivity index (χ2n) is 8.97. The summed E-state index contributed by atoms with van der Waals surface area (Å²) in [6.07, 6.45) is 1.38. The normalized spacial score (nSPS) is 11.0. The summed E-state index contributed by atoms with van der Waals surface area (Å²) in [5, 5.41) is 14.7. The molecule has 1 heterocycles. The molecule has 6 nitrogen and oxygen atoms in total. The molecule has 0 aliphatic rings. The first-order valence-electron chi connectivity index (χ1n) is 12.6. The van der Waals surface area contributed by atoms with Crippen LogP contribution in [0.1, 0.15) is 29.5 Å². The molecule has 190 valence electrons. The van der Waals surface area contributed by atoms with Crippen LogP contribution in [0.5, 0.6) is 0 Å². The summed E-state index contributed by atoms with van der Waals surface area (Å²) in [5.41, 5.74) is 3.85. The molecule has 0 radical (unpaired) electrons. The van der Waals surface area contributed by atoms with Crippen molar-refractivity contribution < 1.29 is 9.59 Å². The third-order valence-corrected chi connectivity index (χ3v) is 7.23. The van der Waals surface area contributed by atoms with E-state index in [1.807, 2.05) is 65.2 Å². The van der Waals surface area contributed by atoms with E-state index in [0.717, 1.165) is 39.8 Å². The second kappa shape index (κ2) is 11.9. The number of aryl methyl sites for hydroxylation is 1. The number of benzene rings is 4. The predicted molar refractivity (Wildman–Crippen MR) is 153 cm³/mol. The minimum absolute atomic E-state index is 0.0364. The summed E-state index contributed by atoms with van der Waals surface area (Å²) < 4.78 is 2.05. The van der Waals surface area contributed by atoms with Crippen molar-refractivity contribution in [1.82, 2.24) is 20.1 Å². The van der Waals surface area contributed by atoms with E-state index in [9.17, 15) is 9.59 Å². The topological polar surface area (TPSA) is 76.9 Å². The Bertz CT molecular complexity index is 1560. The van der Waals surface area contributed by atoms with Gasteiger partial charge in [-0.25, -0.2) is 0 Å². The van der Waals surface area contributed by atoms with E-state index >= 15 is 0 Å². The van der Waals surface area contributed by atoms with Gasteiger partial charge < -0.3 is 5.32 Å². The van der Waals surface area contributed by atoms with E-state index in [4.69, 9.17) is 0 Å². The number of carbonyl (C=O) groups excluding carboxylic acids is 2. The zero-order valence-electron chi connectivity index (χ0n) is 21.1. The molecule has 0 unspecified atom stereocenters. The number of nitrogens with zero attached hydrogens (tertiary/aromatic N) is 3. The number of aromatic nitrogens is 3. The molecule has 1 aromatic heterocycles. The van der Waals surface area contributed by atoms with Crippen molar-refractivity contribution in [2.24, 2.45) is 0 Å². The van der Waals surface area contributed by atoms with Crippen LogP contribution in [0.4, 0.5) is 0 Å².